The molecule has 0 radical (unpaired) electrons. The van der Waals surface area contributed by atoms with Gasteiger partial charge in [0.15, 0.2) is 0 Å². The Hall–Kier alpha value is -0.850. The summed E-state index contributed by atoms with van der Waals surface area (Å²) in [5, 5.41) is 9.95. The molecule has 0 aliphatic carbocycles. The van der Waals surface area contributed by atoms with Crippen LogP contribution >= 0.6 is 0 Å². The minimum Gasteiger partial charge on any atom is -0.450 e. The average molecular weight is 288 g/mol. The van der Waals surface area contributed by atoms with E-state index in [0.717, 1.165) is 13.1 Å². The minimum absolute atomic E-state index is 0.233. The zero-order valence-corrected chi connectivity index (χ0v) is 13.1. The summed E-state index contributed by atoms with van der Waals surface area (Å²) in [4.78, 5) is 15.4. The van der Waals surface area contributed by atoms with Gasteiger partial charge in [0.25, 0.3) is 0 Å². The normalized spacial score (nSPS) is 18.9. The van der Waals surface area contributed by atoms with E-state index in [0.29, 0.717) is 32.8 Å². The Labute approximate surface area is 121 Å². The fourth-order valence-electron chi connectivity index (χ4n) is 2.02. The zero-order chi connectivity index (χ0) is 15.2. The smallest absolute Gasteiger partial charge is 0.409 e. The molecule has 0 unspecified atom stereocenters. The first kappa shape index (κ1) is 17.2. The predicted molar refractivity (Wildman–Crippen MR) is 76.7 cm³/mol. The monoisotopic (exact) mass is 288 g/mol. The number of nitrogens with zero attached hydrogens (tertiary/aromatic N) is 2. The van der Waals surface area contributed by atoms with Crippen LogP contribution in [0.4, 0.5) is 4.79 Å². The second-order valence-electron chi connectivity index (χ2n) is 6.06. The summed E-state index contributed by atoms with van der Waals surface area (Å²) in [5.74, 6) is 0. The number of rotatable bonds is 5. The van der Waals surface area contributed by atoms with E-state index in [9.17, 15) is 9.90 Å². The summed E-state index contributed by atoms with van der Waals surface area (Å²) in [6.07, 6.45) is -0.743. The van der Waals surface area contributed by atoms with Gasteiger partial charge in [-0.05, 0) is 27.7 Å². The Morgan fingerprint density at radius 1 is 1.25 bits per heavy atom. The largest absolute Gasteiger partial charge is 0.450 e. The van der Waals surface area contributed by atoms with Crippen LogP contribution in [0, 0.1) is 0 Å². The first-order chi connectivity index (χ1) is 9.31. The molecule has 118 valence electrons. The van der Waals surface area contributed by atoms with Gasteiger partial charge in [-0.1, -0.05) is 0 Å². The number of aliphatic hydroxyl groups is 1. The number of hydrogen-bond donors (Lipinski definition) is 1. The summed E-state index contributed by atoms with van der Waals surface area (Å²) >= 11 is 0. The minimum atomic E-state index is -0.497. The molecule has 1 aliphatic rings. The Bertz CT molecular complexity index is 296. The van der Waals surface area contributed by atoms with E-state index in [1.807, 2.05) is 20.8 Å². The number of β-amino-alcohol motifs (C(OH)–C–C–N with tert-alkyl or cyclic N) is 1. The molecule has 1 rings (SSSR count). The molecular weight excluding hydrogens is 260 g/mol. The van der Waals surface area contributed by atoms with Crippen molar-refractivity contribution in [3.8, 4) is 0 Å². The van der Waals surface area contributed by atoms with Crippen molar-refractivity contribution in [1.29, 1.82) is 0 Å². The molecule has 0 aromatic carbocycles. The molecule has 1 amide bonds. The van der Waals surface area contributed by atoms with Gasteiger partial charge in [0.2, 0.25) is 0 Å². The highest BCUT2D eigenvalue weighted by Gasteiger charge is 2.23. The highest BCUT2D eigenvalue weighted by atomic mass is 16.6. The van der Waals surface area contributed by atoms with Crippen LogP contribution in [0.25, 0.3) is 0 Å². The molecule has 1 heterocycles. The van der Waals surface area contributed by atoms with Gasteiger partial charge in [0.05, 0.1) is 24.9 Å². The molecule has 0 aromatic heterocycles. The number of ether oxygens (including phenoxy) is 2. The molecule has 20 heavy (non-hydrogen) atoms. The number of carbonyl (C=O) groups excluding carboxylic acids is 1. The van der Waals surface area contributed by atoms with Gasteiger partial charge in [-0.2, -0.15) is 0 Å². The lowest BCUT2D eigenvalue weighted by atomic mass is 10.2. The molecule has 0 bridgehead atoms. The molecular formula is C14H28N2O4. The van der Waals surface area contributed by atoms with Crippen molar-refractivity contribution >= 4 is 6.09 Å². The Kier molecular flexibility index (Phi) is 6.71. The third-order valence-electron chi connectivity index (χ3n) is 3.08. The van der Waals surface area contributed by atoms with Crippen molar-refractivity contribution in [3.63, 3.8) is 0 Å². The quantitative estimate of drug-likeness (QED) is 0.815. The second kappa shape index (κ2) is 7.81. The van der Waals surface area contributed by atoms with Crippen molar-refractivity contribution in [2.75, 3.05) is 45.9 Å². The maximum absolute atomic E-state index is 11.6. The Morgan fingerprint density at radius 3 is 2.35 bits per heavy atom. The SMILES string of the molecule is CCOC(=O)N1CCN(C[C@H](O)COC(C)(C)C)CC1. The summed E-state index contributed by atoms with van der Waals surface area (Å²) < 4.78 is 10.5. The summed E-state index contributed by atoms with van der Waals surface area (Å²) in [5.41, 5.74) is -0.233. The van der Waals surface area contributed by atoms with Gasteiger partial charge in [-0.25, -0.2) is 4.79 Å². The lowest BCUT2D eigenvalue weighted by Crippen LogP contribution is -2.51. The fraction of sp³-hybridized carbons (Fsp3) is 0.929. The summed E-state index contributed by atoms with van der Waals surface area (Å²) in [6.45, 7) is 11.8. The van der Waals surface area contributed by atoms with Crippen molar-refractivity contribution < 1.29 is 19.4 Å². The summed E-state index contributed by atoms with van der Waals surface area (Å²) in [7, 11) is 0. The van der Waals surface area contributed by atoms with Crippen LogP contribution in [0.2, 0.25) is 0 Å². The molecule has 1 aliphatic heterocycles. The molecule has 1 N–H and O–H groups in total. The highest BCUT2D eigenvalue weighted by molar-refractivity contribution is 5.67. The first-order valence-corrected chi connectivity index (χ1v) is 7.28. The molecule has 0 saturated carbocycles. The van der Waals surface area contributed by atoms with Gasteiger partial charge in [0, 0.05) is 32.7 Å². The summed E-state index contributed by atoms with van der Waals surface area (Å²) in [6, 6.07) is 0. The van der Waals surface area contributed by atoms with Crippen LogP contribution in [0.15, 0.2) is 0 Å². The lowest BCUT2D eigenvalue weighted by Gasteiger charge is -2.35. The fourth-order valence-corrected chi connectivity index (χ4v) is 2.02. The van der Waals surface area contributed by atoms with Crippen molar-refractivity contribution in [2.24, 2.45) is 0 Å². The number of amides is 1. The Morgan fingerprint density at radius 2 is 1.85 bits per heavy atom. The number of carbonyl (C=O) groups is 1. The van der Waals surface area contributed by atoms with E-state index in [1.54, 1.807) is 11.8 Å². The molecule has 1 atom stereocenters. The van der Waals surface area contributed by atoms with Crippen molar-refractivity contribution in [1.82, 2.24) is 9.80 Å². The molecule has 6 nitrogen and oxygen atoms in total. The predicted octanol–water partition coefficient (Wildman–Crippen LogP) is 0.936. The number of piperazine rings is 1. The third kappa shape index (κ3) is 6.54. The second-order valence-corrected chi connectivity index (χ2v) is 6.06. The van der Waals surface area contributed by atoms with E-state index in [2.05, 4.69) is 4.90 Å². The number of aliphatic hydroxyl groups excluding tert-OH is 1. The van der Waals surface area contributed by atoms with E-state index < -0.39 is 6.10 Å². The molecule has 1 saturated heterocycles. The van der Waals surface area contributed by atoms with Crippen LogP contribution < -0.4 is 0 Å². The molecule has 6 heteroatoms. The van der Waals surface area contributed by atoms with Crippen LogP contribution in [0.3, 0.4) is 0 Å². The van der Waals surface area contributed by atoms with E-state index in [1.165, 1.54) is 0 Å². The van der Waals surface area contributed by atoms with Crippen molar-refractivity contribution in [3.05, 3.63) is 0 Å². The van der Waals surface area contributed by atoms with Crippen LogP contribution in [0.1, 0.15) is 27.7 Å². The van der Waals surface area contributed by atoms with Gasteiger partial charge < -0.3 is 19.5 Å². The average Bonchev–Trinajstić information content (AvgIpc) is 2.37. The maximum atomic E-state index is 11.6. The third-order valence-corrected chi connectivity index (χ3v) is 3.08. The standard InChI is InChI=1S/C14H28N2O4/c1-5-19-13(18)16-8-6-15(7-9-16)10-12(17)11-20-14(2,3)4/h12,17H,5-11H2,1-4H3/t12-/m0/s1. The molecule has 0 aromatic rings. The van der Waals surface area contributed by atoms with Crippen LogP contribution in [0.5, 0.6) is 0 Å². The maximum Gasteiger partial charge on any atom is 0.409 e. The Balaban J connectivity index is 2.23. The van der Waals surface area contributed by atoms with Crippen LogP contribution in [-0.4, -0.2) is 78.6 Å². The van der Waals surface area contributed by atoms with Crippen molar-refractivity contribution in [2.45, 2.75) is 39.4 Å². The van der Waals surface area contributed by atoms with E-state index in [-0.39, 0.29) is 11.7 Å². The van der Waals surface area contributed by atoms with Crippen LogP contribution in [-0.2, 0) is 9.47 Å². The van der Waals surface area contributed by atoms with Gasteiger partial charge in [0.1, 0.15) is 0 Å². The van der Waals surface area contributed by atoms with Gasteiger partial charge in [-0.15, -0.1) is 0 Å². The number of hydrogen-bond acceptors (Lipinski definition) is 5. The zero-order valence-electron chi connectivity index (χ0n) is 13.1. The van der Waals surface area contributed by atoms with E-state index in [4.69, 9.17) is 9.47 Å². The first-order valence-electron chi connectivity index (χ1n) is 7.28. The molecule has 0 spiro atoms. The lowest BCUT2D eigenvalue weighted by molar-refractivity contribution is -0.0583. The van der Waals surface area contributed by atoms with E-state index >= 15 is 0 Å². The highest BCUT2D eigenvalue weighted by Crippen LogP contribution is 2.09. The van der Waals surface area contributed by atoms with Gasteiger partial charge in [-0.3, -0.25) is 4.90 Å². The van der Waals surface area contributed by atoms with Gasteiger partial charge >= 0.3 is 6.09 Å². The molecule has 1 fully saturated rings. The topological polar surface area (TPSA) is 62.2 Å².